The van der Waals surface area contributed by atoms with Gasteiger partial charge in [0.05, 0.1) is 12.2 Å². The molecule has 5 heteroatoms. The molecule has 0 aromatic heterocycles. The molecule has 90 valence electrons. The zero-order chi connectivity index (χ0) is 12.6. The molecule has 1 heterocycles. The number of hydrogen-bond acceptors (Lipinski definition) is 3. The Morgan fingerprint density at radius 2 is 2.00 bits per heavy atom. The second-order valence-corrected chi connectivity index (χ2v) is 4.25. The standard InChI is InChI=1S/C12H15N3O2/c1-8-4-5-9(6-10(8)14(2)3)15-11(16)7-13-12(15)17/h4-6H,7H2,1-3H3,(H,13,17). The Kier molecular flexibility index (Phi) is 2.75. The molecule has 5 nitrogen and oxygen atoms in total. The topological polar surface area (TPSA) is 52.7 Å². The summed E-state index contributed by atoms with van der Waals surface area (Å²) in [7, 11) is 3.86. The molecule has 0 saturated carbocycles. The van der Waals surface area contributed by atoms with Crippen LogP contribution in [0.5, 0.6) is 0 Å². The van der Waals surface area contributed by atoms with Crippen LogP contribution in [-0.2, 0) is 4.79 Å². The quantitative estimate of drug-likeness (QED) is 0.779. The van der Waals surface area contributed by atoms with E-state index in [9.17, 15) is 9.59 Å². The Balaban J connectivity index is 2.43. The van der Waals surface area contributed by atoms with E-state index in [0.717, 1.165) is 11.3 Å². The van der Waals surface area contributed by atoms with Crippen LogP contribution in [0.1, 0.15) is 5.56 Å². The number of imide groups is 1. The van der Waals surface area contributed by atoms with Gasteiger partial charge in [-0.05, 0) is 24.6 Å². The number of hydrogen-bond donors (Lipinski definition) is 1. The smallest absolute Gasteiger partial charge is 0.329 e. The first-order chi connectivity index (χ1) is 8.00. The molecule has 1 aliphatic rings. The minimum absolute atomic E-state index is 0.0734. The first-order valence-corrected chi connectivity index (χ1v) is 5.39. The average Bonchev–Trinajstić information content (AvgIpc) is 2.59. The minimum Gasteiger partial charge on any atom is -0.377 e. The van der Waals surface area contributed by atoms with Crippen LogP contribution < -0.4 is 15.1 Å². The number of nitrogens with zero attached hydrogens (tertiary/aromatic N) is 2. The average molecular weight is 233 g/mol. The van der Waals surface area contributed by atoms with E-state index in [-0.39, 0.29) is 18.5 Å². The van der Waals surface area contributed by atoms with Crippen LogP contribution in [0, 0.1) is 6.92 Å². The third-order valence-corrected chi connectivity index (χ3v) is 2.78. The maximum absolute atomic E-state index is 11.6. The molecule has 0 bridgehead atoms. The van der Waals surface area contributed by atoms with Gasteiger partial charge in [0.2, 0.25) is 0 Å². The molecule has 0 unspecified atom stereocenters. The largest absolute Gasteiger partial charge is 0.377 e. The number of amides is 3. The zero-order valence-electron chi connectivity index (χ0n) is 10.2. The number of urea groups is 1. The fraction of sp³-hybridized carbons (Fsp3) is 0.333. The molecule has 1 aliphatic heterocycles. The van der Waals surface area contributed by atoms with Crippen molar-refractivity contribution in [3.63, 3.8) is 0 Å². The predicted molar refractivity (Wildman–Crippen MR) is 66.4 cm³/mol. The highest BCUT2D eigenvalue weighted by molar-refractivity contribution is 6.20. The summed E-state index contributed by atoms with van der Waals surface area (Å²) in [5.41, 5.74) is 2.71. The van der Waals surface area contributed by atoms with Gasteiger partial charge < -0.3 is 10.2 Å². The van der Waals surface area contributed by atoms with Crippen LogP contribution in [0.25, 0.3) is 0 Å². The lowest BCUT2D eigenvalue weighted by Crippen LogP contribution is -2.30. The molecule has 3 amide bonds. The summed E-state index contributed by atoms with van der Waals surface area (Å²) in [6.07, 6.45) is 0. The van der Waals surface area contributed by atoms with E-state index in [1.54, 1.807) is 6.07 Å². The summed E-state index contributed by atoms with van der Waals surface area (Å²) in [4.78, 5) is 26.2. The van der Waals surface area contributed by atoms with Crippen molar-refractivity contribution in [2.24, 2.45) is 0 Å². The maximum Gasteiger partial charge on any atom is 0.329 e. The van der Waals surface area contributed by atoms with Gasteiger partial charge in [-0.1, -0.05) is 6.07 Å². The number of aryl methyl sites for hydroxylation is 1. The van der Waals surface area contributed by atoms with Gasteiger partial charge in [0.15, 0.2) is 0 Å². The lowest BCUT2D eigenvalue weighted by Gasteiger charge is -2.19. The van der Waals surface area contributed by atoms with Crippen molar-refractivity contribution in [3.05, 3.63) is 23.8 Å². The summed E-state index contributed by atoms with van der Waals surface area (Å²) < 4.78 is 0. The molecule has 17 heavy (non-hydrogen) atoms. The van der Waals surface area contributed by atoms with E-state index in [2.05, 4.69) is 5.32 Å². The van der Waals surface area contributed by atoms with Gasteiger partial charge in [0.1, 0.15) is 0 Å². The summed E-state index contributed by atoms with van der Waals surface area (Å²) in [6.45, 7) is 2.06. The van der Waals surface area contributed by atoms with Gasteiger partial charge in [-0.3, -0.25) is 4.79 Å². The number of rotatable bonds is 2. The monoisotopic (exact) mass is 233 g/mol. The van der Waals surface area contributed by atoms with Crippen LogP contribution in [-0.4, -0.2) is 32.6 Å². The highest BCUT2D eigenvalue weighted by Gasteiger charge is 2.30. The van der Waals surface area contributed by atoms with E-state index in [4.69, 9.17) is 0 Å². The number of carbonyl (C=O) groups is 2. The SMILES string of the molecule is Cc1ccc(N2C(=O)CNC2=O)cc1N(C)C. The lowest BCUT2D eigenvalue weighted by atomic mass is 10.1. The number of nitrogens with one attached hydrogen (secondary N) is 1. The molecule has 0 atom stereocenters. The van der Waals surface area contributed by atoms with Crippen molar-refractivity contribution in [1.29, 1.82) is 0 Å². The first-order valence-electron chi connectivity index (χ1n) is 5.39. The van der Waals surface area contributed by atoms with Crippen LogP contribution in [0.4, 0.5) is 16.2 Å². The molecule has 0 aliphatic carbocycles. The van der Waals surface area contributed by atoms with Crippen molar-refractivity contribution in [1.82, 2.24) is 5.32 Å². The van der Waals surface area contributed by atoms with E-state index >= 15 is 0 Å². The summed E-state index contributed by atoms with van der Waals surface area (Å²) in [5.74, 6) is -0.219. The third kappa shape index (κ3) is 1.95. The molecule has 1 aromatic carbocycles. The van der Waals surface area contributed by atoms with Gasteiger partial charge >= 0.3 is 6.03 Å². The normalized spacial score (nSPS) is 15.1. The van der Waals surface area contributed by atoms with Crippen molar-refractivity contribution < 1.29 is 9.59 Å². The van der Waals surface area contributed by atoms with Gasteiger partial charge in [-0.2, -0.15) is 0 Å². The Bertz CT molecular complexity index is 467. The van der Waals surface area contributed by atoms with Crippen LogP contribution in [0.3, 0.4) is 0 Å². The molecule has 2 rings (SSSR count). The molecule has 1 fully saturated rings. The highest BCUT2D eigenvalue weighted by Crippen LogP contribution is 2.26. The Morgan fingerprint density at radius 3 is 2.53 bits per heavy atom. The Morgan fingerprint density at radius 1 is 1.29 bits per heavy atom. The molecular formula is C12H15N3O2. The van der Waals surface area contributed by atoms with Crippen LogP contribution >= 0.6 is 0 Å². The van der Waals surface area contributed by atoms with E-state index in [1.807, 2.05) is 38.1 Å². The fourth-order valence-corrected chi connectivity index (χ4v) is 1.90. The van der Waals surface area contributed by atoms with Crippen LogP contribution in [0.15, 0.2) is 18.2 Å². The van der Waals surface area contributed by atoms with Gasteiger partial charge in [-0.15, -0.1) is 0 Å². The fourth-order valence-electron chi connectivity index (χ4n) is 1.90. The van der Waals surface area contributed by atoms with E-state index in [1.165, 1.54) is 4.90 Å². The van der Waals surface area contributed by atoms with Gasteiger partial charge in [-0.25, -0.2) is 9.69 Å². The highest BCUT2D eigenvalue weighted by atomic mass is 16.2. The Labute approximate surface area is 100 Å². The molecule has 1 N–H and O–H groups in total. The van der Waals surface area contributed by atoms with Crippen molar-refractivity contribution in [2.45, 2.75) is 6.92 Å². The lowest BCUT2D eigenvalue weighted by molar-refractivity contribution is -0.115. The number of carbonyl (C=O) groups excluding carboxylic acids is 2. The second kappa shape index (κ2) is 4.08. The summed E-state index contributed by atoms with van der Waals surface area (Å²) in [6, 6.07) is 5.18. The van der Waals surface area contributed by atoms with E-state index < -0.39 is 0 Å². The summed E-state index contributed by atoms with van der Waals surface area (Å²) in [5, 5.41) is 2.51. The Hall–Kier alpha value is -2.04. The molecule has 0 spiro atoms. The zero-order valence-corrected chi connectivity index (χ0v) is 10.2. The molecule has 1 aromatic rings. The van der Waals surface area contributed by atoms with Crippen molar-refractivity contribution >= 4 is 23.3 Å². The molecular weight excluding hydrogens is 218 g/mol. The number of anilines is 2. The van der Waals surface area contributed by atoms with Crippen molar-refractivity contribution in [2.75, 3.05) is 30.4 Å². The molecule has 0 radical (unpaired) electrons. The van der Waals surface area contributed by atoms with Gasteiger partial charge in [0.25, 0.3) is 5.91 Å². The van der Waals surface area contributed by atoms with E-state index in [0.29, 0.717) is 5.69 Å². The maximum atomic E-state index is 11.6. The first kappa shape index (κ1) is 11.4. The van der Waals surface area contributed by atoms with Crippen LogP contribution in [0.2, 0.25) is 0 Å². The molecule has 1 saturated heterocycles. The predicted octanol–water partition coefficient (Wildman–Crippen LogP) is 1.12. The third-order valence-electron chi connectivity index (χ3n) is 2.78. The second-order valence-electron chi connectivity index (χ2n) is 4.25. The minimum atomic E-state index is -0.358. The summed E-state index contributed by atoms with van der Waals surface area (Å²) >= 11 is 0. The van der Waals surface area contributed by atoms with Gasteiger partial charge in [0, 0.05) is 19.8 Å². The number of benzene rings is 1. The van der Waals surface area contributed by atoms with Crippen molar-refractivity contribution in [3.8, 4) is 0 Å².